The third-order valence-electron chi connectivity index (χ3n) is 4.31. The van der Waals surface area contributed by atoms with Gasteiger partial charge in [0.25, 0.3) is 0 Å². The number of halogens is 1. The molecule has 0 aliphatic heterocycles. The van der Waals surface area contributed by atoms with E-state index in [2.05, 4.69) is 0 Å². The van der Waals surface area contributed by atoms with Crippen LogP contribution < -0.4 is 0 Å². The van der Waals surface area contributed by atoms with Gasteiger partial charge >= 0.3 is 0 Å². The van der Waals surface area contributed by atoms with Crippen molar-refractivity contribution in [3.05, 3.63) is 65.2 Å². The Morgan fingerprint density at radius 3 is 2.23 bits per heavy atom. The summed E-state index contributed by atoms with van der Waals surface area (Å²) in [6.45, 7) is 0. The molecule has 1 saturated carbocycles. The molecule has 2 aromatic rings. The topological polar surface area (TPSA) is 17.1 Å². The first kappa shape index (κ1) is 14.7. The minimum atomic E-state index is -0.101. The van der Waals surface area contributed by atoms with E-state index in [1.54, 1.807) is 6.07 Å². The number of carbonyl (C=O) groups is 1. The summed E-state index contributed by atoms with van der Waals surface area (Å²) in [7, 11) is 0. The number of carbonyl (C=O) groups excluding carboxylic acids is 1. The van der Waals surface area contributed by atoms with Crippen molar-refractivity contribution < 1.29 is 9.18 Å². The van der Waals surface area contributed by atoms with E-state index >= 15 is 0 Å². The minimum Gasteiger partial charge on any atom is -0.298 e. The molecule has 0 unspecified atom stereocenters. The molecule has 3 rings (SSSR count). The fourth-order valence-electron chi connectivity index (χ4n) is 3.14. The molecule has 1 aliphatic rings. The van der Waals surface area contributed by atoms with Crippen LogP contribution in [0.1, 0.15) is 48.0 Å². The third-order valence-corrected chi connectivity index (χ3v) is 4.31. The fourth-order valence-corrected chi connectivity index (χ4v) is 3.14. The van der Waals surface area contributed by atoms with E-state index in [1.807, 2.05) is 42.5 Å². The first-order valence-corrected chi connectivity index (χ1v) is 7.83. The van der Waals surface area contributed by atoms with Crippen LogP contribution in [0.4, 0.5) is 4.39 Å². The number of hydrogen-bond acceptors (Lipinski definition) is 1. The lowest BCUT2D eigenvalue weighted by Gasteiger charge is -2.17. The van der Waals surface area contributed by atoms with Crippen molar-refractivity contribution in [3.63, 3.8) is 0 Å². The Labute approximate surface area is 130 Å². The normalized spacial score (nSPS) is 14.7. The first-order chi connectivity index (χ1) is 10.8. The molecule has 1 aliphatic carbocycles. The highest BCUT2D eigenvalue weighted by molar-refractivity contribution is 5.91. The number of rotatable bonds is 3. The van der Waals surface area contributed by atoms with Gasteiger partial charge in [0.15, 0.2) is 6.29 Å². The van der Waals surface area contributed by atoms with Crippen LogP contribution in [-0.4, -0.2) is 6.29 Å². The molecular formula is C20H19FO. The van der Waals surface area contributed by atoms with Gasteiger partial charge < -0.3 is 0 Å². The van der Waals surface area contributed by atoms with E-state index in [0.29, 0.717) is 11.1 Å². The summed E-state index contributed by atoms with van der Waals surface area (Å²) in [4.78, 5) is 11.3. The molecule has 0 bridgehead atoms. The van der Waals surface area contributed by atoms with Crippen molar-refractivity contribution in [2.45, 2.75) is 32.1 Å². The highest BCUT2D eigenvalue weighted by atomic mass is 19.1. The fraction of sp³-hybridized carbons (Fsp3) is 0.250. The van der Waals surface area contributed by atoms with Crippen LogP contribution in [0.5, 0.6) is 0 Å². The van der Waals surface area contributed by atoms with Gasteiger partial charge in [0.1, 0.15) is 5.83 Å². The van der Waals surface area contributed by atoms with Gasteiger partial charge in [-0.2, -0.15) is 0 Å². The summed E-state index contributed by atoms with van der Waals surface area (Å²) in [6.07, 6.45) is 5.83. The lowest BCUT2D eigenvalue weighted by Crippen LogP contribution is -1.98. The van der Waals surface area contributed by atoms with Crippen LogP contribution >= 0.6 is 0 Å². The quantitative estimate of drug-likeness (QED) is 0.653. The van der Waals surface area contributed by atoms with Crippen molar-refractivity contribution in [1.82, 2.24) is 0 Å². The molecule has 0 saturated heterocycles. The third kappa shape index (κ3) is 2.87. The van der Waals surface area contributed by atoms with E-state index in [4.69, 9.17) is 0 Å². The predicted molar refractivity (Wildman–Crippen MR) is 88.4 cm³/mol. The second-order valence-electron chi connectivity index (χ2n) is 5.73. The molecule has 0 spiro atoms. The van der Waals surface area contributed by atoms with Crippen molar-refractivity contribution >= 4 is 12.1 Å². The molecule has 2 heteroatoms. The molecule has 1 nitrogen and oxygen atoms in total. The largest absolute Gasteiger partial charge is 0.298 e. The van der Waals surface area contributed by atoms with Gasteiger partial charge in [-0.3, -0.25) is 4.79 Å². The second-order valence-corrected chi connectivity index (χ2v) is 5.73. The zero-order valence-electron chi connectivity index (χ0n) is 12.5. The zero-order chi connectivity index (χ0) is 15.4. The number of allylic oxidation sites excluding steroid dienone is 1. The van der Waals surface area contributed by atoms with Crippen LogP contribution in [-0.2, 0) is 0 Å². The van der Waals surface area contributed by atoms with Gasteiger partial charge in [0, 0.05) is 11.1 Å². The molecule has 0 atom stereocenters. The molecule has 0 N–H and O–H groups in total. The average molecular weight is 294 g/mol. The Morgan fingerprint density at radius 1 is 0.864 bits per heavy atom. The summed E-state index contributed by atoms with van der Waals surface area (Å²) < 4.78 is 15.0. The van der Waals surface area contributed by atoms with Gasteiger partial charge in [-0.15, -0.1) is 0 Å². The van der Waals surface area contributed by atoms with Crippen LogP contribution in [0.3, 0.4) is 0 Å². The number of hydrogen-bond donors (Lipinski definition) is 0. The monoisotopic (exact) mass is 294 g/mol. The Hall–Kier alpha value is -2.22. The Morgan fingerprint density at radius 2 is 1.50 bits per heavy atom. The Bertz CT molecular complexity index is 707. The molecule has 2 aromatic carbocycles. The number of benzene rings is 2. The lowest BCUT2D eigenvalue weighted by molar-refractivity contribution is 0.112. The van der Waals surface area contributed by atoms with Crippen molar-refractivity contribution in [2.75, 3.05) is 0 Å². The van der Waals surface area contributed by atoms with Crippen molar-refractivity contribution in [2.24, 2.45) is 0 Å². The van der Waals surface area contributed by atoms with E-state index in [9.17, 15) is 9.18 Å². The maximum atomic E-state index is 15.0. The average Bonchev–Trinajstić information content (AvgIpc) is 2.62. The maximum absolute atomic E-state index is 15.0. The van der Waals surface area contributed by atoms with Crippen molar-refractivity contribution in [1.29, 1.82) is 0 Å². The second kappa shape index (κ2) is 6.69. The predicted octanol–water partition coefficient (Wildman–Crippen LogP) is 5.81. The summed E-state index contributed by atoms with van der Waals surface area (Å²) in [5.41, 5.74) is 3.70. The molecule has 0 heterocycles. The maximum Gasteiger partial charge on any atom is 0.150 e. The SMILES string of the molecule is O=Cc1ccccc1-c1ccccc1C(F)=C1CCCCC1. The Kier molecular flexibility index (Phi) is 4.47. The number of aldehydes is 1. The van der Waals surface area contributed by atoms with Gasteiger partial charge in [0.05, 0.1) is 0 Å². The van der Waals surface area contributed by atoms with Gasteiger partial charge in [-0.05, 0) is 42.4 Å². The van der Waals surface area contributed by atoms with Gasteiger partial charge in [0.2, 0.25) is 0 Å². The van der Waals surface area contributed by atoms with Crippen LogP contribution in [0.2, 0.25) is 0 Å². The Balaban J connectivity index is 2.13. The summed E-state index contributed by atoms with van der Waals surface area (Å²) >= 11 is 0. The molecular weight excluding hydrogens is 275 g/mol. The summed E-state index contributed by atoms with van der Waals surface area (Å²) in [6, 6.07) is 14.8. The first-order valence-electron chi connectivity index (χ1n) is 7.83. The summed E-state index contributed by atoms with van der Waals surface area (Å²) in [5.74, 6) is -0.101. The van der Waals surface area contributed by atoms with Crippen LogP contribution in [0.25, 0.3) is 17.0 Å². The molecule has 0 radical (unpaired) electrons. The van der Waals surface area contributed by atoms with Gasteiger partial charge in [-0.1, -0.05) is 55.0 Å². The highest BCUT2D eigenvalue weighted by Gasteiger charge is 2.17. The molecule has 1 fully saturated rings. The molecule has 112 valence electrons. The minimum absolute atomic E-state index is 0.101. The van der Waals surface area contributed by atoms with E-state index in [0.717, 1.165) is 48.7 Å². The van der Waals surface area contributed by atoms with Gasteiger partial charge in [-0.25, -0.2) is 4.39 Å². The van der Waals surface area contributed by atoms with E-state index in [-0.39, 0.29) is 5.83 Å². The zero-order valence-corrected chi connectivity index (χ0v) is 12.5. The lowest BCUT2D eigenvalue weighted by atomic mass is 9.89. The standard InChI is InChI=1S/C20H19FO/c21-20(15-8-2-1-3-9-15)19-13-7-6-12-18(19)17-11-5-4-10-16(17)14-22/h4-7,10-14H,1-3,8-9H2. The smallest absolute Gasteiger partial charge is 0.150 e. The summed E-state index contributed by atoms with van der Waals surface area (Å²) in [5, 5.41) is 0. The van der Waals surface area contributed by atoms with Crippen LogP contribution in [0, 0.1) is 0 Å². The molecule has 0 aromatic heterocycles. The molecule has 22 heavy (non-hydrogen) atoms. The van der Waals surface area contributed by atoms with Crippen molar-refractivity contribution in [3.8, 4) is 11.1 Å². The van der Waals surface area contributed by atoms with E-state index in [1.165, 1.54) is 6.42 Å². The van der Waals surface area contributed by atoms with Crippen LogP contribution in [0.15, 0.2) is 54.1 Å². The van der Waals surface area contributed by atoms with E-state index < -0.39 is 0 Å². The molecule has 0 amide bonds. The highest BCUT2D eigenvalue weighted by Crippen LogP contribution is 2.36.